The van der Waals surface area contributed by atoms with Crippen LogP contribution in [0.15, 0.2) is 28.1 Å². The number of hydrogen-bond donors (Lipinski definition) is 0. The van der Waals surface area contributed by atoms with E-state index in [-0.39, 0.29) is 5.56 Å². The van der Waals surface area contributed by atoms with Crippen LogP contribution in [0.4, 0.5) is 0 Å². The van der Waals surface area contributed by atoms with Crippen LogP contribution in [-0.2, 0) is 9.53 Å². The number of ketones is 1. The molecule has 1 aromatic carbocycles. The Labute approximate surface area is 151 Å². The summed E-state index contributed by atoms with van der Waals surface area (Å²) in [7, 11) is 1.51. The number of aromatic nitrogens is 1. The number of ether oxygens (including phenoxy) is 2. The van der Waals surface area contributed by atoms with Gasteiger partial charge in [-0.25, -0.2) is 9.78 Å². The van der Waals surface area contributed by atoms with Crippen molar-refractivity contribution in [3.63, 3.8) is 0 Å². The SMILES string of the molecule is COc1ccc(C(=O)OCC(=O)[C@@H](C#N)c2nc(C)cs2)cc1Br. The number of Topliss-reactive ketones (excluding diaryl/α,β-unsaturated/α-hetero) is 1. The molecule has 0 N–H and O–H groups in total. The largest absolute Gasteiger partial charge is 0.496 e. The standard InChI is InChI=1S/C16H13BrN2O4S/c1-9-8-24-15(19-9)11(6-18)13(20)7-23-16(21)10-3-4-14(22-2)12(17)5-10/h3-5,8,11H,7H2,1-2H3/t11-/m1/s1. The van der Waals surface area contributed by atoms with Gasteiger partial charge in [0.05, 0.1) is 23.2 Å². The van der Waals surface area contributed by atoms with Crippen molar-refractivity contribution in [2.24, 2.45) is 0 Å². The maximum absolute atomic E-state index is 12.1. The highest BCUT2D eigenvalue weighted by Crippen LogP contribution is 2.26. The average Bonchev–Trinajstić information content (AvgIpc) is 2.99. The molecule has 0 spiro atoms. The monoisotopic (exact) mass is 408 g/mol. The van der Waals surface area contributed by atoms with E-state index < -0.39 is 24.3 Å². The third kappa shape index (κ3) is 4.19. The van der Waals surface area contributed by atoms with E-state index in [0.29, 0.717) is 15.2 Å². The predicted octanol–water partition coefficient (Wildman–Crippen LogP) is 3.26. The van der Waals surface area contributed by atoms with Crippen LogP contribution >= 0.6 is 27.3 Å². The van der Waals surface area contributed by atoms with Gasteiger partial charge in [-0.3, -0.25) is 4.79 Å². The first kappa shape index (κ1) is 18.1. The van der Waals surface area contributed by atoms with Crippen LogP contribution in [-0.4, -0.2) is 30.5 Å². The number of carbonyl (C=O) groups is 2. The van der Waals surface area contributed by atoms with Gasteiger partial charge in [0.1, 0.15) is 10.8 Å². The number of rotatable bonds is 6. The summed E-state index contributed by atoms with van der Waals surface area (Å²) >= 11 is 4.51. The van der Waals surface area contributed by atoms with E-state index >= 15 is 0 Å². The highest BCUT2D eigenvalue weighted by molar-refractivity contribution is 9.10. The summed E-state index contributed by atoms with van der Waals surface area (Å²) in [6.07, 6.45) is 0. The number of thiazole rings is 1. The highest BCUT2D eigenvalue weighted by atomic mass is 79.9. The van der Waals surface area contributed by atoms with Crippen molar-refractivity contribution >= 4 is 39.0 Å². The zero-order chi connectivity index (χ0) is 17.7. The van der Waals surface area contributed by atoms with Crippen LogP contribution in [0.1, 0.15) is 27.0 Å². The molecule has 1 heterocycles. The van der Waals surface area contributed by atoms with Crippen LogP contribution in [0.25, 0.3) is 0 Å². The summed E-state index contributed by atoms with van der Waals surface area (Å²) in [5.74, 6) is -1.61. The molecule has 0 bridgehead atoms. The molecule has 24 heavy (non-hydrogen) atoms. The molecule has 0 fully saturated rings. The highest BCUT2D eigenvalue weighted by Gasteiger charge is 2.24. The van der Waals surface area contributed by atoms with E-state index in [1.165, 1.54) is 30.6 Å². The number of carbonyl (C=O) groups excluding carboxylic acids is 2. The van der Waals surface area contributed by atoms with Crippen LogP contribution in [0.3, 0.4) is 0 Å². The molecule has 0 aliphatic heterocycles. The van der Waals surface area contributed by atoms with Crippen molar-refractivity contribution in [3.05, 3.63) is 44.3 Å². The zero-order valence-electron chi connectivity index (χ0n) is 12.9. The van der Waals surface area contributed by atoms with Gasteiger partial charge in [-0.05, 0) is 41.1 Å². The van der Waals surface area contributed by atoms with E-state index in [9.17, 15) is 14.9 Å². The quantitative estimate of drug-likeness (QED) is 0.681. The Balaban J connectivity index is 2.01. The normalized spacial score (nSPS) is 11.4. The molecule has 0 aliphatic rings. The van der Waals surface area contributed by atoms with E-state index in [2.05, 4.69) is 20.9 Å². The predicted molar refractivity (Wildman–Crippen MR) is 91.2 cm³/mol. The number of benzene rings is 1. The van der Waals surface area contributed by atoms with Crippen LogP contribution < -0.4 is 4.74 Å². The number of halogens is 1. The lowest BCUT2D eigenvalue weighted by Gasteiger charge is -2.08. The summed E-state index contributed by atoms with van der Waals surface area (Å²) in [6, 6.07) is 6.58. The third-order valence-corrected chi connectivity index (χ3v) is 4.71. The first-order valence-electron chi connectivity index (χ1n) is 6.81. The molecule has 0 unspecified atom stereocenters. The molecular weight excluding hydrogens is 396 g/mol. The molecule has 1 atom stereocenters. The first-order valence-corrected chi connectivity index (χ1v) is 8.48. The molecule has 8 heteroatoms. The van der Waals surface area contributed by atoms with E-state index in [1.807, 2.05) is 6.07 Å². The average molecular weight is 409 g/mol. The topological polar surface area (TPSA) is 89.3 Å². The summed E-state index contributed by atoms with van der Waals surface area (Å²) in [5, 5.41) is 11.3. The fourth-order valence-electron chi connectivity index (χ4n) is 1.87. The molecule has 0 amide bonds. The van der Waals surface area contributed by atoms with Gasteiger partial charge in [-0.15, -0.1) is 11.3 Å². The molecule has 0 radical (unpaired) electrons. The van der Waals surface area contributed by atoms with Crippen LogP contribution in [0, 0.1) is 18.3 Å². The molecule has 6 nitrogen and oxygen atoms in total. The van der Waals surface area contributed by atoms with Crippen LogP contribution in [0.5, 0.6) is 5.75 Å². The number of aryl methyl sites for hydroxylation is 1. The minimum atomic E-state index is -1.03. The number of hydrogen-bond acceptors (Lipinski definition) is 7. The summed E-state index contributed by atoms with van der Waals surface area (Å²) < 4.78 is 10.7. The second-order valence-corrected chi connectivity index (χ2v) is 6.53. The molecule has 0 aliphatic carbocycles. The van der Waals surface area contributed by atoms with E-state index in [4.69, 9.17) is 9.47 Å². The fourth-order valence-corrected chi connectivity index (χ4v) is 3.27. The van der Waals surface area contributed by atoms with E-state index in [0.717, 1.165) is 5.69 Å². The zero-order valence-corrected chi connectivity index (χ0v) is 15.3. The molecule has 2 rings (SSSR count). The molecule has 124 valence electrons. The van der Waals surface area contributed by atoms with Gasteiger partial charge in [0.15, 0.2) is 18.3 Å². The Morgan fingerprint density at radius 2 is 2.21 bits per heavy atom. The molecule has 2 aromatic rings. The molecular formula is C16H13BrN2O4S. The number of nitrogens with zero attached hydrogens (tertiary/aromatic N) is 2. The van der Waals surface area contributed by atoms with Crippen molar-refractivity contribution in [1.82, 2.24) is 4.98 Å². The van der Waals surface area contributed by atoms with Gasteiger partial charge < -0.3 is 9.47 Å². The number of methoxy groups -OCH3 is 1. The summed E-state index contributed by atoms with van der Waals surface area (Å²) in [6.45, 7) is 1.29. The molecule has 0 saturated heterocycles. The Morgan fingerprint density at radius 3 is 2.75 bits per heavy atom. The van der Waals surface area contributed by atoms with Gasteiger partial charge in [0.25, 0.3) is 0 Å². The van der Waals surface area contributed by atoms with Gasteiger partial charge in [0.2, 0.25) is 0 Å². The maximum atomic E-state index is 12.1. The van der Waals surface area contributed by atoms with Crippen molar-refractivity contribution < 1.29 is 19.1 Å². The lowest BCUT2D eigenvalue weighted by Crippen LogP contribution is -2.20. The van der Waals surface area contributed by atoms with Crippen molar-refractivity contribution in [2.75, 3.05) is 13.7 Å². The Morgan fingerprint density at radius 1 is 1.46 bits per heavy atom. The van der Waals surface area contributed by atoms with Crippen molar-refractivity contribution in [1.29, 1.82) is 5.26 Å². The smallest absolute Gasteiger partial charge is 0.338 e. The van der Waals surface area contributed by atoms with Gasteiger partial charge in [0, 0.05) is 11.1 Å². The second-order valence-electron chi connectivity index (χ2n) is 4.78. The maximum Gasteiger partial charge on any atom is 0.338 e. The fraction of sp³-hybridized carbons (Fsp3) is 0.250. The third-order valence-electron chi connectivity index (χ3n) is 3.07. The first-order chi connectivity index (χ1) is 11.5. The van der Waals surface area contributed by atoms with Gasteiger partial charge in [-0.1, -0.05) is 0 Å². The van der Waals surface area contributed by atoms with Crippen molar-refractivity contribution in [2.45, 2.75) is 12.8 Å². The van der Waals surface area contributed by atoms with E-state index in [1.54, 1.807) is 18.4 Å². The Kier molecular flexibility index (Phi) is 6.06. The Hall–Kier alpha value is -2.24. The lowest BCUT2D eigenvalue weighted by molar-refractivity contribution is -0.122. The van der Waals surface area contributed by atoms with Crippen molar-refractivity contribution in [3.8, 4) is 11.8 Å². The second kappa shape index (κ2) is 8.04. The lowest BCUT2D eigenvalue weighted by atomic mass is 10.1. The number of esters is 1. The van der Waals surface area contributed by atoms with Gasteiger partial charge in [-0.2, -0.15) is 5.26 Å². The number of nitriles is 1. The summed E-state index contributed by atoms with van der Waals surface area (Å²) in [4.78, 5) is 28.3. The van der Waals surface area contributed by atoms with Crippen LogP contribution in [0.2, 0.25) is 0 Å². The summed E-state index contributed by atoms with van der Waals surface area (Å²) in [5.41, 5.74) is 1.01. The molecule has 1 aromatic heterocycles. The Bertz CT molecular complexity index is 813. The molecule has 0 saturated carbocycles. The minimum absolute atomic E-state index is 0.272. The minimum Gasteiger partial charge on any atom is -0.496 e. The van der Waals surface area contributed by atoms with Gasteiger partial charge >= 0.3 is 5.97 Å².